The fraction of sp³-hybridized carbons (Fsp3) is 0.333. The van der Waals surface area contributed by atoms with Crippen LogP contribution in [-0.2, 0) is 14.1 Å². The predicted octanol–water partition coefficient (Wildman–Crippen LogP) is -5.46. The fourth-order valence-corrected chi connectivity index (χ4v) is 1.86. The summed E-state index contributed by atoms with van der Waals surface area (Å²) in [6.45, 7) is 5.90. The zero-order valence-corrected chi connectivity index (χ0v) is 20.5. The molecule has 0 bridgehead atoms. The third kappa shape index (κ3) is 12.6. The summed E-state index contributed by atoms with van der Waals surface area (Å²) in [5.41, 5.74) is 1.36. The van der Waals surface area contributed by atoms with Gasteiger partial charge in [0.15, 0.2) is 18.6 Å². The lowest BCUT2D eigenvalue weighted by Gasteiger charge is -2.19. The summed E-state index contributed by atoms with van der Waals surface area (Å²) in [5, 5.41) is 14.0. The number of aromatic nitrogens is 2. The fourth-order valence-electron chi connectivity index (χ4n) is 1.86. The van der Waals surface area contributed by atoms with E-state index in [9.17, 15) is 4.79 Å². The van der Waals surface area contributed by atoms with Gasteiger partial charge in [-0.25, -0.2) is 9.13 Å². The molecule has 9 heteroatoms. The average molecular weight is 602 g/mol. The SMILES string of the molecule is C[n+]1cccc(C(=O)NC(C)(C)C)c1.C[n+]1ccccc1C=NO.O.[I-].[I-]. The van der Waals surface area contributed by atoms with Crippen LogP contribution in [0.5, 0.6) is 0 Å². The van der Waals surface area contributed by atoms with Crippen molar-refractivity contribution in [1.82, 2.24) is 5.32 Å². The minimum Gasteiger partial charge on any atom is -1.00 e. The minimum absolute atomic E-state index is 0. The maximum Gasteiger partial charge on any atom is 0.257 e. The molecule has 0 fully saturated rings. The number of aryl methyl sites for hydroxylation is 2. The van der Waals surface area contributed by atoms with Gasteiger partial charge in [0.05, 0.1) is 0 Å². The van der Waals surface area contributed by atoms with Crippen molar-refractivity contribution in [2.24, 2.45) is 19.3 Å². The van der Waals surface area contributed by atoms with Crippen LogP contribution in [0.25, 0.3) is 0 Å². The van der Waals surface area contributed by atoms with E-state index in [0.29, 0.717) is 5.56 Å². The molecule has 0 saturated heterocycles. The highest BCUT2D eigenvalue weighted by molar-refractivity contribution is 5.94. The van der Waals surface area contributed by atoms with Crippen LogP contribution in [0, 0.1) is 0 Å². The number of rotatable bonds is 2. The monoisotopic (exact) mass is 602 g/mol. The van der Waals surface area contributed by atoms with Crippen LogP contribution in [0.3, 0.4) is 0 Å². The Hall–Kier alpha value is -1.34. The quantitative estimate of drug-likeness (QED) is 0.118. The summed E-state index contributed by atoms with van der Waals surface area (Å²) in [4.78, 5) is 11.7. The lowest BCUT2D eigenvalue weighted by molar-refractivity contribution is -0.672. The van der Waals surface area contributed by atoms with Crippen LogP contribution in [-0.4, -0.2) is 28.3 Å². The molecule has 0 aliphatic carbocycles. The standard InChI is InChI=1S/C11H16N2O.C7H8N2O.2HI.H2O/c1-11(2,3)12-10(14)9-6-5-7-13(4)8-9;1-9-5-3-2-4-7(9)6-8-10;;;/h5-8H,1-4H3;2-6H,1H3;2*1H;1H2. The number of hydrogen-bond acceptors (Lipinski definition) is 3. The lowest BCUT2D eigenvalue weighted by atomic mass is 10.1. The first-order valence-electron chi connectivity index (χ1n) is 7.63. The van der Waals surface area contributed by atoms with Gasteiger partial charge in [-0.2, -0.15) is 0 Å². The van der Waals surface area contributed by atoms with Gasteiger partial charge in [-0.05, 0) is 32.9 Å². The van der Waals surface area contributed by atoms with E-state index in [4.69, 9.17) is 5.21 Å². The highest BCUT2D eigenvalue weighted by Gasteiger charge is 2.16. The molecule has 2 rings (SSSR count). The van der Waals surface area contributed by atoms with E-state index in [-0.39, 0.29) is 64.9 Å². The molecule has 7 nitrogen and oxygen atoms in total. The summed E-state index contributed by atoms with van der Waals surface area (Å²) in [7, 11) is 3.78. The normalized spacial score (nSPS) is 9.67. The van der Waals surface area contributed by atoms with Crippen molar-refractivity contribution < 1.29 is 72.6 Å². The van der Waals surface area contributed by atoms with Crippen LogP contribution in [0.15, 0.2) is 54.1 Å². The highest BCUT2D eigenvalue weighted by Crippen LogP contribution is 2.02. The van der Waals surface area contributed by atoms with E-state index in [2.05, 4.69) is 10.5 Å². The Morgan fingerprint density at radius 2 is 1.74 bits per heavy atom. The number of nitrogens with one attached hydrogen (secondary N) is 1. The van der Waals surface area contributed by atoms with Crippen LogP contribution in [0.1, 0.15) is 36.8 Å². The van der Waals surface area contributed by atoms with E-state index >= 15 is 0 Å². The van der Waals surface area contributed by atoms with Crippen molar-refractivity contribution in [3.8, 4) is 0 Å². The molecule has 0 atom stereocenters. The van der Waals surface area contributed by atoms with Crippen molar-refractivity contribution in [3.05, 3.63) is 60.2 Å². The molecule has 1 amide bonds. The molecule has 0 spiro atoms. The van der Waals surface area contributed by atoms with Crippen LogP contribution < -0.4 is 62.4 Å². The molecular weight excluding hydrogens is 574 g/mol. The molecule has 2 aromatic heterocycles. The number of pyridine rings is 2. The molecule has 0 radical (unpaired) electrons. The average Bonchev–Trinajstić information content (AvgIpc) is 2.49. The number of carbonyl (C=O) groups is 1. The second-order valence-electron chi connectivity index (χ2n) is 6.44. The van der Waals surface area contributed by atoms with Crippen LogP contribution in [0.2, 0.25) is 0 Å². The first-order valence-corrected chi connectivity index (χ1v) is 7.63. The Labute approximate surface area is 194 Å². The minimum atomic E-state index is -0.189. The van der Waals surface area contributed by atoms with Crippen molar-refractivity contribution in [1.29, 1.82) is 0 Å². The smallest absolute Gasteiger partial charge is 0.257 e. The van der Waals surface area contributed by atoms with Crippen LogP contribution >= 0.6 is 0 Å². The number of halogens is 2. The Balaban J connectivity index is -0.000000400. The number of carbonyl (C=O) groups excluding carboxylic acids is 1. The summed E-state index contributed by atoms with van der Waals surface area (Å²) >= 11 is 0. The van der Waals surface area contributed by atoms with Crippen molar-refractivity contribution in [2.75, 3.05) is 0 Å². The molecule has 152 valence electrons. The highest BCUT2D eigenvalue weighted by atomic mass is 127. The second kappa shape index (κ2) is 14.7. The zero-order chi connectivity index (χ0) is 18.2. The first kappa shape index (κ1) is 30.4. The number of oxime groups is 1. The Bertz CT molecular complexity index is 720. The van der Waals surface area contributed by atoms with E-state index in [1.165, 1.54) is 6.21 Å². The summed E-state index contributed by atoms with van der Waals surface area (Å²) < 4.78 is 3.72. The molecule has 2 aromatic rings. The molecule has 4 N–H and O–H groups in total. The van der Waals surface area contributed by atoms with Gasteiger partial charge in [-0.15, -0.1) is 0 Å². The molecule has 27 heavy (non-hydrogen) atoms. The van der Waals surface area contributed by atoms with E-state index in [0.717, 1.165) is 5.69 Å². The van der Waals surface area contributed by atoms with Gasteiger partial charge in [-0.3, -0.25) is 4.79 Å². The Morgan fingerprint density at radius 1 is 1.11 bits per heavy atom. The third-order valence-electron chi connectivity index (χ3n) is 2.98. The van der Waals surface area contributed by atoms with Gasteiger partial charge in [-0.1, -0.05) is 5.16 Å². The molecule has 0 saturated carbocycles. The van der Waals surface area contributed by atoms with E-state index < -0.39 is 0 Å². The van der Waals surface area contributed by atoms with E-state index in [1.807, 2.05) is 80.7 Å². The van der Waals surface area contributed by atoms with Crippen molar-refractivity contribution >= 4 is 12.1 Å². The van der Waals surface area contributed by atoms with Crippen molar-refractivity contribution in [2.45, 2.75) is 26.3 Å². The number of nitrogens with zero attached hydrogens (tertiary/aromatic N) is 3. The molecule has 2 heterocycles. The molecule has 0 aromatic carbocycles. The maximum atomic E-state index is 11.7. The van der Waals surface area contributed by atoms with Gasteiger partial charge < -0.3 is 64.0 Å². The summed E-state index contributed by atoms with van der Waals surface area (Å²) in [6, 6.07) is 9.32. The van der Waals surface area contributed by atoms with Crippen LogP contribution in [0.4, 0.5) is 0 Å². The van der Waals surface area contributed by atoms with Gasteiger partial charge in [0.25, 0.3) is 5.91 Å². The van der Waals surface area contributed by atoms with Gasteiger partial charge >= 0.3 is 0 Å². The maximum absolute atomic E-state index is 11.7. The van der Waals surface area contributed by atoms with E-state index in [1.54, 1.807) is 12.3 Å². The van der Waals surface area contributed by atoms with Gasteiger partial charge in [0, 0.05) is 23.7 Å². The lowest BCUT2D eigenvalue weighted by Crippen LogP contribution is -3.00. The topological polar surface area (TPSA) is 101 Å². The molecule has 0 unspecified atom stereocenters. The number of hydrogen-bond donors (Lipinski definition) is 2. The zero-order valence-electron chi connectivity index (χ0n) is 16.1. The first-order chi connectivity index (χ1) is 11.2. The van der Waals surface area contributed by atoms with Gasteiger partial charge in [0.1, 0.15) is 25.9 Å². The largest absolute Gasteiger partial charge is 1.00 e. The van der Waals surface area contributed by atoms with Gasteiger partial charge in [0.2, 0.25) is 5.69 Å². The Morgan fingerprint density at radius 3 is 2.22 bits per heavy atom. The molecule has 0 aliphatic rings. The summed E-state index contributed by atoms with van der Waals surface area (Å²) in [6.07, 6.45) is 6.98. The van der Waals surface area contributed by atoms with Crippen molar-refractivity contribution in [3.63, 3.8) is 0 Å². The molecular formula is C18H28I2N4O3. The number of amides is 1. The predicted molar refractivity (Wildman–Crippen MR) is 95.4 cm³/mol. The third-order valence-corrected chi connectivity index (χ3v) is 2.98. The molecule has 0 aliphatic heterocycles. The second-order valence-corrected chi connectivity index (χ2v) is 6.44. The summed E-state index contributed by atoms with van der Waals surface area (Å²) in [5.74, 6) is -0.0336. The Kier molecular flexibility index (Phi) is 16.5.